The van der Waals surface area contributed by atoms with E-state index in [2.05, 4.69) is 0 Å². The Morgan fingerprint density at radius 2 is 1.67 bits per heavy atom. The summed E-state index contributed by atoms with van der Waals surface area (Å²) in [6.07, 6.45) is 0.803. The van der Waals surface area contributed by atoms with Crippen molar-refractivity contribution in [3.05, 3.63) is 66.4 Å². The molecule has 0 aliphatic rings. The fraction of sp³-hybridized carbons (Fsp3) is 0.158. The molecule has 3 aromatic rings. The van der Waals surface area contributed by atoms with Crippen LogP contribution in [0.15, 0.2) is 60.8 Å². The molecule has 1 heterocycles. The Morgan fingerprint density at radius 1 is 1.00 bits per heavy atom. The number of aromatic nitrogens is 1. The standard InChI is InChI=1S/C19H17NO4/c1-13(24-14-8-4-3-5-9-14)18(21)20-12-16(19(22)23-2)15-10-6-7-11-17(15)20/h3-13H,1-2H3/t13-/m1/s1. The minimum absolute atomic E-state index is 0.259. The second-order valence-corrected chi connectivity index (χ2v) is 5.33. The van der Waals surface area contributed by atoms with Crippen LogP contribution in [0.2, 0.25) is 0 Å². The van der Waals surface area contributed by atoms with E-state index in [9.17, 15) is 9.59 Å². The van der Waals surface area contributed by atoms with Gasteiger partial charge >= 0.3 is 5.97 Å². The highest BCUT2D eigenvalue weighted by Crippen LogP contribution is 2.23. The van der Waals surface area contributed by atoms with Crippen molar-refractivity contribution in [3.63, 3.8) is 0 Å². The maximum absolute atomic E-state index is 12.8. The summed E-state index contributed by atoms with van der Waals surface area (Å²) in [4.78, 5) is 24.7. The van der Waals surface area contributed by atoms with Crippen molar-refractivity contribution in [2.24, 2.45) is 0 Å². The first-order chi connectivity index (χ1) is 11.6. The zero-order valence-corrected chi connectivity index (χ0v) is 13.4. The Bertz CT molecular complexity index is 883. The number of carbonyl (C=O) groups excluding carboxylic acids is 2. The fourth-order valence-corrected chi connectivity index (χ4v) is 2.58. The number of benzene rings is 2. The molecule has 0 bridgehead atoms. The quantitative estimate of drug-likeness (QED) is 0.689. The highest BCUT2D eigenvalue weighted by atomic mass is 16.5. The van der Waals surface area contributed by atoms with Gasteiger partial charge in [0.2, 0.25) is 0 Å². The van der Waals surface area contributed by atoms with Gasteiger partial charge in [0, 0.05) is 11.6 Å². The van der Waals surface area contributed by atoms with Gasteiger partial charge in [-0.15, -0.1) is 0 Å². The predicted molar refractivity (Wildman–Crippen MR) is 90.4 cm³/mol. The van der Waals surface area contributed by atoms with E-state index in [1.807, 2.05) is 30.3 Å². The molecule has 1 atom stereocenters. The molecule has 0 amide bonds. The molecule has 24 heavy (non-hydrogen) atoms. The van der Waals surface area contributed by atoms with Crippen LogP contribution < -0.4 is 4.74 Å². The highest BCUT2D eigenvalue weighted by Gasteiger charge is 2.23. The van der Waals surface area contributed by atoms with Crippen LogP contribution in [0.3, 0.4) is 0 Å². The zero-order chi connectivity index (χ0) is 17.1. The number of carbonyl (C=O) groups is 2. The zero-order valence-electron chi connectivity index (χ0n) is 13.4. The maximum Gasteiger partial charge on any atom is 0.340 e. The lowest BCUT2D eigenvalue weighted by Gasteiger charge is -2.14. The fourth-order valence-electron chi connectivity index (χ4n) is 2.58. The third-order valence-corrected chi connectivity index (χ3v) is 3.76. The van der Waals surface area contributed by atoms with E-state index >= 15 is 0 Å². The van der Waals surface area contributed by atoms with Gasteiger partial charge in [0.05, 0.1) is 18.2 Å². The van der Waals surface area contributed by atoms with Gasteiger partial charge in [0.1, 0.15) is 5.75 Å². The summed E-state index contributed by atoms with van der Waals surface area (Å²) < 4.78 is 11.9. The van der Waals surface area contributed by atoms with Crippen molar-refractivity contribution in [1.82, 2.24) is 4.57 Å². The normalized spacial score (nSPS) is 11.9. The smallest absolute Gasteiger partial charge is 0.340 e. The van der Waals surface area contributed by atoms with Crippen molar-refractivity contribution < 1.29 is 19.1 Å². The molecule has 1 aromatic heterocycles. The van der Waals surface area contributed by atoms with Crippen LogP contribution in [0.1, 0.15) is 22.1 Å². The molecule has 0 unspecified atom stereocenters. The van der Waals surface area contributed by atoms with Crippen LogP contribution in [0.4, 0.5) is 0 Å². The molecule has 2 aromatic carbocycles. The Kier molecular flexibility index (Phi) is 4.33. The van der Waals surface area contributed by atoms with E-state index < -0.39 is 12.1 Å². The monoisotopic (exact) mass is 323 g/mol. The number of rotatable bonds is 4. The first kappa shape index (κ1) is 15.8. The number of para-hydroxylation sites is 2. The molecule has 5 heteroatoms. The topological polar surface area (TPSA) is 57.5 Å². The van der Waals surface area contributed by atoms with Gasteiger partial charge in [0.15, 0.2) is 6.10 Å². The molecule has 0 aliphatic carbocycles. The number of nitrogens with zero attached hydrogens (tertiary/aromatic N) is 1. The van der Waals surface area contributed by atoms with Gasteiger partial charge in [0.25, 0.3) is 5.91 Å². The lowest BCUT2D eigenvalue weighted by molar-refractivity contribution is 0.0602. The Balaban J connectivity index is 1.96. The molecule has 0 fully saturated rings. The molecule has 0 radical (unpaired) electrons. The number of ether oxygens (including phenoxy) is 2. The van der Waals surface area contributed by atoms with E-state index in [0.717, 1.165) is 0 Å². The number of fused-ring (bicyclic) bond motifs is 1. The molecule has 0 N–H and O–H groups in total. The first-order valence-electron chi connectivity index (χ1n) is 7.56. The third-order valence-electron chi connectivity index (χ3n) is 3.76. The molecule has 0 saturated carbocycles. The summed E-state index contributed by atoms with van der Waals surface area (Å²) in [6.45, 7) is 1.68. The largest absolute Gasteiger partial charge is 0.481 e. The average Bonchev–Trinajstić information content (AvgIpc) is 3.01. The molecule has 0 saturated heterocycles. The number of hydrogen-bond acceptors (Lipinski definition) is 4. The van der Waals surface area contributed by atoms with Crippen LogP contribution in [-0.4, -0.2) is 29.7 Å². The molecule has 3 rings (SSSR count). The molecule has 0 spiro atoms. The van der Waals surface area contributed by atoms with Crippen molar-refractivity contribution in [2.45, 2.75) is 13.0 Å². The van der Waals surface area contributed by atoms with E-state index in [1.165, 1.54) is 17.9 Å². The molecule has 0 aliphatic heterocycles. The Hall–Kier alpha value is -3.08. The third kappa shape index (κ3) is 2.88. The molecular weight excluding hydrogens is 306 g/mol. The number of hydrogen-bond donors (Lipinski definition) is 0. The average molecular weight is 323 g/mol. The summed E-state index contributed by atoms with van der Waals surface area (Å²) in [6, 6.07) is 16.3. The van der Waals surface area contributed by atoms with Gasteiger partial charge in [-0.3, -0.25) is 9.36 Å². The van der Waals surface area contributed by atoms with Crippen LogP contribution in [0.5, 0.6) is 5.75 Å². The summed E-state index contributed by atoms with van der Waals surface area (Å²) in [5.41, 5.74) is 1.000. The second kappa shape index (κ2) is 6.58. The lowest BCUT2D eigenvalue weighted by atomic mass is 10.2. The molecule has 5 nitrogen and oxygen atoms in total. The maximum atomic E-state index is 12.8. The van der Waals surface area contributed by atoms with Gasteiger partial charge in [-0.2, -0.15) is 0 Å². The first-order valence-corrected chi connectivity index (χ1v) is 7.56. The predicted octanol–water partition coefficient (Wildman–Crippen LogP) is 3.54. The summed E-state index contributed by atoms with van der Waals surface area (Å²) in [5.74, 6) is -0.123. The molecular formula is C19H17NO4. The van der Waals surface area contributed by atoms with Gasteiger partial charge in [-0.1, -0.05) is 36.4 Å². The number of esters is 1. The highest BCUT2D eigenvalue weighted by molar-refractivity contribution is 6.07. The minimum Gasteiger partial charge on any atom is -0.481 e. The number of methoxy groups -OCH3 is 1. The van der Waals surface area contributed by atoms with Crippen LogP contribution >= 0.6 is 0 Å². The summed E-state index contributed by atoms with van der Waals surface area (Å²) in [7, 11) is 1.32. The van der Waals surface area contributed by atoms with E-state index in [1.54, 1.807) is 31.2 Å². The van der Waals surface area contributed by atoms with Crippen LogP contribution in [0.25, 0.3) is 10.9 Å². The summed E-state index contributed by atoms with van der Waals surface area (Å²) >= 11 is 0. The van der Waals surface area contributed by atoms with Gasteiger partial charge in [-0.05, 0) is 25.1 Å². The minimum atomic E-state index is -0.700. The Labute approximate surface area is 139 Å². The van der Waals surface area contributed by atoms with Crippen molar-refractivity contribution in [3.8, 4) is 5.75 Å². The van der Waals surface area contributed by atoms with E-state index in [-0.39, 0.29) is 5.91 Å². The van der Waals surface area contributed by atoms with E-state index in [0.29, 0.717) is 22.2 Å². The summed E-state index contributed by atoms with van der Waals surface area (Å²) in [5, 5.41) is 0.671. The Morgan fingerprint density at radius 3 is 2.38 bits per heavy atom. The van der Waals surface area contributed by atoms with E-state index in [4.69, 9.17) is 9.47 Å². The van der Waals surface area contributed by atoms with Crippen LogP contribution in [-0.2, 0) is 4.74 Å². The second-order valence-electron chi connectivity index (χ2n) is 5.33. The van der Waals surface area contributed by atoms with Crippen molar-refractivity contribution in [1.29, 1.82) is 0 Å². The van der Waals surface area contributed by atoms with Gasteiger partial charge < -0.3 is 9.47 Å². The van der Waals surface area contributed by atoms with Crippen molar-refractivity contribution in [2.75, 3.05) is 7.11 Å². The SMILES string of the molecule is COC(=O)c1cn(C(=O)[C@@H](C)Oc2ccccc2)c2ccccc12. The lowest BCUT2D eigenvalue weighted by Crippen LogP contribution is -2.28. The van der Waals surface area contributed by atoms with Crippen molar-refractivity contribution >= 4 is 22.8 Å². The van der Waals surface area contributed by atoms with Gasteiger partial charge in [-0.25, -0.2) is 4.79 Å². The molecule has 122 valence electrons. The van der Waals surface area contributed by atoms with Crippen LogP contribution in [0, 0.1) is 0 Å².